The second-order valence-electron chi connectivity index (χ2n) is 7.52. The minimum Gasteiger partial charge on any atom is -0.339 e. The van der Waals surface area contributed by atoms with Gasteiger partial charge in [0.1, 0.15) is 0 Å². The summed E-state index contributed by atoms with van der Waals surface area (Å²) in [5.74, 6) is 0.0755. The summed E-state index contributed by atoms with van der Waals surface area (Å²) in [5, 5.41) is 0.908. The van der Waals surface area contributed by atoms with Gasteiger partial charge in [-0.3, -0.25) is 4.79 Å². The highest BCUT2D eigenvalue weighted by molar-refractivity contribution is 6.07. The van der Waals surface area contributed by atoms with Crippen LogP contribution in [0.15, 0.2) is 48.5 Å². The van der Waals surface area contributed by atoms with Gasteiger partial charge in [-0.2, -0.15) is 0 Å². The Bertz CT molecular complexity index is 1000. The van der Waals surface area contributed by atoms with Crippen LogP contribution in [0, 0.1) is 13.8 Å². The number of para-hydroxylation sites is 1. The first-order chi connectivity index (χ1) is 13.0. The Balaban J connectivity index is 1.83. The number of aryl methyl sites for hydroxylation is 2. The molecule has 0 aliphatic carbocycles. The SMILES string of the molecule is Cc1ccc(-c2cc(C(=O)N3CCC(N)CC3)c3ccccc3n2)c(C)c1. The van der Waals surface area contributed by atoms with Gasteiger partial charge in [-0.1, -0.05) is 42.0 Å². The molecule has 2 aromatic carbocycles. The highest BCUT2D eigenvalue weighted by atomic mass is 16.2. The summed E-state index contributed by atoms with van der Waals surface area (Å²) in [5.41, 5.74) is 11.9. The molecule has 1 saturated heterocycles. The molecule has 0 spiro atoms. The molecule has 4 rings (SSSR count). The van der Waals surface area contributed by atoms with Crippen molar-refractivity contribution in [2.24, 2.45) is 5.73 Å². The number of benzene rings is 2. The number of carbonyl (C=O) groups excluding carboxylic acids is 1. The number of likely N-dealkylation sites (tertiary alicyclic amines) is 1. The van der Waals surface area contributed by atoms with Crippen molar-refractivity contribution in [3.8, 4) is 11.3 Å². The van der Waals surface area contributed by atoms with E-state index in [1.54, 1.807) is 0 Å². The molecule has 1 amide bonds. The topological polar surface area (TPSA) is 59.2 Å². The Morgan fingerprint density at radius 2 is 1.81 bits per heavy atom. The van der Waals surface area contributed by atoms with Crippen LogP contribution in [0.25, 0.3) is 22.2 Å². The van der Waals surface area contributed by atoms with Gasteiger partial charge in [-0.15, -0.1) is 0 Å². The van der Waals surface area contributed by atoms with Crippen LogP contribution < -0.4 is 5.73 Å². The maximum Gasteiger partial charge on any atom is 0.254 e. The summed E-state index contributed by atoms with van der Waals surface area (Å²) >= 11 is 0. The molecule has 0 bridgehead atoms. The number of hydrogen-bond acceptors (Lipinski definition) is 3. The normalized spacial score (nSPS) is 15.3. The first kappa shape index (κ1) is 17.7. The molecule has 4 heteroatoms. The van der Waals surface area contributed by atoms with Crippen LogP contribution >= 0.6 is 0 Å². The van der Waals surface area contributed by atoms with E-state index in [9.17, 15) is 4.79 Å². The third-order valence-corrected chi connectivity index (χ3v) is 5.43. The van der Waals surface area contributed by atoms with Crippen LogP contribution in [0.4, 0.5) is 0 Å². The number of hydrogen-bond donors (Lipinski definition) is 1. The van der Waals surface area contributed by atoms with Gasteiger partial charge in [0.2, 0.25) is 0 Å². The van der Waals surface area contributed by atoms with Crippen molar-refractivity contribution in [2.45, 2.75) is 32.7 Å². The fourth-order valence-electron chi connectivity index (χ4n) is 3.86. The lowest BCUT2D eigenvalue weighted by Crippen LogP contribution is -2.42. The van der Waals surface area contributed by atoms with Gasteiger partial charge >= 0.3 is 0 Å². The van der Waals surface area contributed by atoms with Crippen molar-refractivity contribution >= 4 is 16.8 Å². The van der Waals surface area contributed by atoms with Crippen LogP contribution in [0.5, 0.6) is 0 Å². The smallest absolute Gasteiger partial charge is 0.254 e. The predicted octanol–water partition coefficient (Wildman–Crippen LogP) is 4.08. The number of piperidine rings is 1. The highest BCUT2D eigenvalue weighted by Gasteiger charge is 2.24. The number of nitrogens with zero attached hydrogens (tertiary/aromatic N) is 2. The summed E-state index contributed by atoms with van der Waals surface area (Å²) < 4.78 is 0. The van der Waals surface area contributed by atoms with Crippen molar-refractivity contribution in [2.75, 3.05) is 13.1 Å². The Hall–Kier alpha value is -2.72. The molecule has 2 heterocycles. The molecule has 3 aromatic rings. The maximum atomic E-state index is 13.3. The van der Waals surface area contributed by atoms with Gasteiger partial charge in [0.15, 0.2) is 0 Å². The van der Waals surface area contributed by atoms with E-state index in [1.165, 1.54) is 11.1 Å². The number of nitrogens with two attached hydrogens (primary N) is 1. The standard InChI is InChI=1S/C23H25N3O/c1-15-7-8-18(16(2)13-15)22-14-20(19-5-3-4-6-21(19)25-22)23(27)26-11-9-17(24)10-12-26/h3-8,13-14,17H,9-12,24H2,1-2H3. The Morgan fingerprint density at radius 3 is 2.56 bits per heavy atom. The number of rotatable bonds is 2. The highest BCUT2D eigenvalue weighted by Crippen LogP contribution is 2.29. The average molecular weight is 359 g/mol. The zero-order valence-corrected chi connectivity index (χ0v) is 15.9. The van der Waals surface area contributed by atoms with Gasteiger partial charge in [-0.25, -0.2) is 4.98 Å². The first-order valence-electron chi connectivity index (χ1n) is 9.55. The zero-order valence-electron chi connectivity index (χ0n) is 15.9. The minimum absolute atomic E-state index is 0.0755. The predicted molar refractivity (Wildman–Crippen MR) is 110 cm³/mol. The summed E-state index contributed by atoms with van der Waals surface area (Å²) in [6, 6.07) is 16.4. The third kappa shape index (κ3) is 3.45. The zero-order chi connectivity index (χ0) is 19.0. The molecular weight excluding hydrogens is 334 g/mol. The van der Waals surface area contributed by atoms with Crippen molar-refractivity contribution in [3.63, 3.8) is 0 Å². The van der Waals surface area contributed by atoms with Crippen molar-refractivity contribution in [3.05, 3.63) is 65.2 Å². The van der Waals surface area contributed by atoms with Crippen molar-refractivity contribution < 1.29 is 4.79 Å². The first-order valence-corrected chi connectivity index (χ1v) is 9.55. The molecule has 1 fully saturated rings. The number of fused-ring (bicyclic) bond motifs is 1. The lowest BCUT2D eigenvalue weighted by molar-refractivity contribution is 0.0716. The number of amides is 1. The van der Waals surface area contributed by atoms with Crippen molar-refractivity contribution in [1.82, 2.24) is 9.88 Å². The van der Waals surface area contributed by atoms with Crippen LogP contribution in [0.1, 0.15) is 34.3 Å². The van der Waals surface area contributed by atoms with Crippen LogP contribution in [0.2, 0.25) is 0 Å². The fraction of sp³-hybridized carbons (Fsp3) is 0.304. The lowest BCUT2D eigenvalue weighted by Gasteiger charge is -2.30. The fourth-order valence-corrected chi connectivity index (χ4v) is 3.86. The van der Waals surface area contributed by atoms with Crippen LogP contribution in [0.3, 0.4) is 0 Å². The maximum absolute atomic E-state index is 13.3. The summed E-state index contributed by atoms with van der Waals surface area (Å²) in [7, 11) is 0. The summed E-state index contributed by atoms with van der Waals surface area (Å²) in [6.45, 7) is 5.61. The lowest BCUT2D eigenvalue weighted by atomic mass is 9.98. The van der Waals surface area contributed by atoms with Gasteiger partial charge < -0.3 is 10.6 Å². The Morgan fingerprint density at radius 1 is 1.07 bits per heavy atom. The van der Waals surface area contributed by atoms with E-state index in [-0.39, 0.29) is 11.9 Å². The Labute approximate surface area is 160 Å². The molecule has 0 saturated carbocycles. The van der Waals surface area contributed by atoms with Gasteiger partial charge in [0.05, 0.1) is 16.8 Å². The largest absolute Gasteiger partial charge is 0.339 e. The molecule has 0 unspecified atom stereocenters. The van der Waals surface area contributed by atoms with E-state index in [0.717, 1.165) is 53.7 Å². The molecule has 27 heavy (non-hydrogen) atoms. The van der Waals surface area contributed by atoms with Gasteiger partial charge in [0.25, 0.3) is 5.91 Å². The second-order valence-corrected chi connectivity index (χ2v) is 7.52. The summed E-state index contributed by atoms with van der Waals surface area (Å²) in [4.78, 5) is 20.1. The molecular formula is C23H25N3O. The van der Waals surface area contributed by atoms with Gasteiger partial charge in [-0.05, 0) is 44.4 Å². The quantitative estimate of drug-likeness (QED) is 0.750. The minimum atomic E-state index is 0.0755. The Kier molecular flexibility index (Phi) is 4.66. The van der Waals surface area contributed by atoms with E-state index in [2.05, 4.69) is 32.0 Å². The van der Waals surface area contributed by atoms with Gasteiger partial charge in [0, 0.05) is 30.1 Å². The average Bonchev–Trinajstić information content (AvgIpc) is 2.67. The molecule has 1 aliphatic rings. The van der Waals surface area contributed by atoms with Crippen LogP contribution in [-0.2, 0) is 0 Å². The van der Waals surface area contributed by atoms with E-state index in [4.69, 9.17) is 10.7 Å². The number of aromatic nitrogens is 1. The van der Waals surface area contributed by atoms with E-state index in [1.807, 2.05) is 35.2 Å². The monoisotopic (exact) mass is 359 g/mol. The number of pyridine rings is 1. The molecule has 1 aromatic heterocycles. The molecule has 0 radical (unpaired) electrons. The van der Waals surface area contributed by atoms with Crippen LogP contribution in [-0.4, -0.2) is 34.9 Å². The molecule has 138 valence electrons. The summed E-state index contributed by atoms with van der Waals surface area (Å²) in [6.07, 6.45) is 1.72. The second kappa shape index (κ2) is 7.12. The molecule has 0 atom stereocenters. The van der Waals surface area contributed by atoms with E-state index >= 15 is 0 Å². The van der Waals surface area contributed by atoms with E-state index < -0.39 is 0 Å². The molecule has 4 nitrogen and oxygen atoms in total. The van der Waals surface area contributed by atoms with E-state index in [0.29, 0.717) is 0 Å². The number of carbonyl (C=O) groups is 1. The third-order valence-electron chi connectivity index (χ3n) is 5.43. The molecule has 1 aliphatic heterocycles. The van der Waals surface area contributed by atoms with Crippen molar-refractivity contribution in [1.29, 1.82) is 0 Å². The molecule has 2 N–H and O–H groups in total.